The molecule has 0 saturated heterocycles. The van der Waals surface area contributed by atoms with Gasteiger partial charge in [0, 0.05) is 23.9 Å². The fraction of sp³-hybridized carbons (Fsp3) is 0.350. The number of carbonyl (C=O) groups is 1. The SMILES string of the molecule is CCCCNC(=O)c1cc(Nc2ncn(-c3ccoc3)n2)cc(C2CC2)c1. The Morgan fingerprint density at radius 3 is 2.96 bits per heavy atom. The molecule has 7 nitrogen and oxygen atoms in total. The van der Waals surface area contributed by atoms with Gasteiger partial charge in [0.15, 0.2) is 0 Å². The number of hydrogen-bond acceptors (Lipinski definition) is 5. The van der Waals surface area contributed by atoms with Crippen molar-refractivity contribution in [2.45, 2.75) is 38.5 Å². The van der Waals surface area contributed by atoms with Gasteiger partial charge in [-0.3, -0.25) is 4.79 Å². The van der Waals surface area contributed by atoms with Gasteiger partial charge in [-0.1, -0.05) is 13.3 Å². The van der Waals surface area contributed by atoms with Crippen molar-refractivity contribution in [3.05, 3.63) is 54.2 Å². The number of unbranched alkanes of at least 4 members (excludes halogenated alkanes) is 1. The summed E-state index contributed by atoms with van der Waals surface area (Å²) in [6.07, 6.45) is 9.20. The third-order valence-electron chi connectivity index (χ3n) is 4.60. The van der Waals surface area contributed by atoms with Gasteiger partial charge in [-0.05, 0) is 48.9 Å². The Balaban J connectivity index is 1.54. The predicted octanol–water partition coefficient (Wildman–Crippen LogP) is 4.01. The molecule has 1 aliphatic carbocycles. The fourth-order valence-electron chi connectivity index (χ4n) is 2.95. The van der Waals surface area contributed by atoms with Crippen molar-refractivity contribution in [2.24, 2.45) is 0 Å². The van der Waals surface area contributed by atoms with Crippen LogP contribution in [0.5, 0.6) is 0 Å². The van der Waals surface area contributed by atoms with Crippen LogP contribution >= 0.6 is 0 Å². The third kappa shape index (κ3) is 4.19. The van der Waals surface area contributed by atoms with Gasteiger partial charge in [-0.25, -0.2) is 4.68 Å². The maximum absolute atomic E-state index is 12.5. The zero-order chi connectivity index (χ0) is 18.6. The van der Waals surface area contributed by atoms with Crippen molar-refractivity contribution in [3.63, 3.8) is 0 Å². The minimum Gasteiger partial charge on any atom is -0.470 e. The molecule has 0 radical (unpaired) electrons. The van der Waals surface area contributed by atoms with E-state index >= 15 is 0 Å². The van der Waals surface area contributed by atoms with E-state index in [2.05, 4.69) is 33.7 Å². The van der Waals surface area contributed by atoms with E-state index in [-0.39, 0.29) is 5.91 Å². The Bertz CT molecular complexity index is 912. The van der Waals surface area contributed by atoms with Gasteiger partial charge in [0.1, 0.15) is 18.3 Å². The highest BCUT2D eigenvalue weighted by molar-refractivity contribution is 5.95. The third-order valence-corrected chi connectivity index (χ3v) is 4.60. The first kappa shape index (κ1) is 17.3. The Morgan fingerprint density at radius 2 is 2.22 bits per heavy atom. The summed E-state index contributed by atoms with van der Waals surface area (Å²) in [4.78, 5) is 16.8. The molecule has 7 heteroatoms. The second kappa shape index (κ2) is 7.65. The van der Waals surface area contributed by atoms with E-state index in [1.165, 1.54) is 18.4 Å². The van der Waals surface area contributed by atoms with E-state index in [1.54, 1.807) is 23.5 Å². The smallest absolute Gasteiger partial charge is 0.251 e. The summed E-state index contributed by atoms with van der Waals surface area (Å²) < 4.78 is 6.71. The number of carbonyl (C=O) groups excluding carboxylic acids is 1. The van der Waals surface area contributed by atoms with Gasteiger partial charge in [-0.2, -0.15) is 4.98 Å². The van der Waals surface area contributed by atoms with E-state index in [0.29, 0.717) is 24.0 Å². The van der Waals surface area contributed by atoms with E-state index < -0.39 is 0 Å². The lowest BCUT2D eigenvalue weighted by atomic mass is 10.0. The van der Waals surface area contributed by atoms with Gasteiger partial charge in [0.2, 0.25) is 5.95 Å². The topological polar surface area (TPSA) is 85.0 Å². The number of hydrogen-bond donors (Lipinski definition) is 2. The summed E-state index contributed by atoms with van der Waals surface area (Å²) in [5, 5.41) is 10.6. The molecule has 2 heterocycles. The standard InChI is InChI=1S/C20H23N5O2/c1-2-3-7-21-19(26)16-9-15(14-4-5-14)10-17(11-16)23-20-22-13-25(24-20)18-6-8-27-12-18/h6,8-14H,2-5,7H2,1H3,(H,21,26)(H,23,24). The first-order valence-electron chi connectivity index (χ1n) is 9.37. The number of amides is 1. The fourth-order valence-corrected chi connectivity index (χ4v) is 2.95. The van der Waals surface area contributed by atoms with Gasteiger partial charge in [0.25, 0.3) is 5.91 Å². The Morgan fingerprint density at radius 1 is 1.33 bits per heavy atom. The van der Waals surface area contributed by atoms with Gasteiger partial charge in [-0.15, -0.1) is 5.10 Å². The average molecular weight is 365 g/mol. The number of anilines is 2. The van der Waals surface area contributed by atoms with Crippen molar-refractivity contribution in [2.75, 3.05) is 11.9 Å². The lowest BCUT2D eigenvalue weighted by Crippen LogP contribution is -2.24. The summed E-state index contributed by atoms with van der Waals surface area (Å²) in [6, 6.07) is 7.75. The molecule has 27 heavy (non-hydrogen) atoms. The lowest BCUT2D eigenvalue weighted by Gasteiger charge is -2.10. The second-order valence-electron chi connectivity index (χ2n) is 6.85. The van der Waals surface area contributed by atoms with Crippen LogP contribution in [0, 0.1) is 0 Å². The zero-order valence-corrected chi connectivity index (χ0v) is 15.3. The number of aromatic nitrogens is 3. The highest BCUT2D eigenvalue weighted by Crippen LogP contribution is 2.41. The minimum atomic E-state index is -0.0362. The van der Waals surface area contributed by atoms with Gasteiger partial charge < -0.3 is 15.1 Å². The molecule has 0 spiro atoms. The number of benzene rings is 1. The molecule has 0 bridgehead atoms. The van der Waals surface area contributed by atoms with Crippen LogP contribution in [0.4, 0.5) is 11.6 Å². The molecule has 1 fully saturated rings. The highest BCUT2D eigenvalue weighted by Gasteiger charge is 2.25. The first-order valence-corrected chi connectivity index (χ1v) is 9.37. The molecule has 2 aromatic heterocycles. The van der Waals surface area contributed by atoms with Crippen molar-refractivity contribution < 1.29 is 9.21 Å². The van der Waals surface area contributed by atoms with Crippen molar-refractivity contribution >= 4 is 17.5 Å². The highest BCUT2D eigenvalue weighted by atomic mass is 16.3. The molecule has 0 atom stereocenters. The molecule has 4 rings (SSSR count). The second-order valence-corrected chi connectivity index (χ2v) is 6.85. The molecule has 140 valence electrons. The zero-order valence-electron chi connectivity index (χ0n) is 15.3. The summed E-state index contributed by atoms with van der Waals surface area (Å²) in [5.74, 6) is 0.984. The van der Waals surface area contributed by atoms with Crippen molar-refractivity contribution in [1.82, 2.24) is 20.1 Å². The number of nitrogens with zero attached hydrogens (tertiary/aromatic N) is 3. The summed E-state index contributed by atoms with van der Waals surface area (Å²) in [5.41, 5.74) is 3.49. The van der Waals surface area contributed by atoms with Crippen molar-refractivity contribution in [1.29, 1.82) is 0 Å². The number of rotatable bonds is 8. The van der Waals surface area contributed by atoms with Gasteiger partial charge in [0.05, 0.1) is 6.26 Å². The molecule has 2 N–H and O–H groups in total. The maximum atomic E-state index is 12.5. The molecule has 1 amide bonds. The monoisotopic (exact) mass is 365 g/mol. The minimum absolute atomic E-state index is 0.0362. The Kier molecular flexibility index (Phi) is 4.91. The summed E-state index contributed by atoms with van der Waals surface area (Å²) in [6.45, 7) is 2.81. The lowest BCUT2D eigenvalue weighted by molar-refractivity contribution is 0.0953. The molecular formula is C20H23N5O2. The maximum Gasteiger partial charge on any atom is 0.251 e. The van der Waals surface area contributed by atoms with Crippen LogP contribution in [0.15, 0.2) is 47.5 Å². The molecule has 0 aliphatic heterocycles. The molecule has 0 unspecified atom stereocenters. The largest absolute Gasteiger partial charge is 0.470 e. The van der Waals surface area contributed by atoms with Crippen LogP contribution < -0.4 is 10.6 Å². The quantitative estimate of drug-likeness (QED) is 0.589. The molecule has 1 aromatic carbocycles. The van der Waals surface area contributed by atoms with E-state index in [9.17, 15) is 4.79 Å². The van der Waals surface area contributed by atoms with Crippen LogP contribution in [-0.2, 0) is 0 Å². The van der Waals surface area contributed by atoms with Crippen LogP contribution in [0.25, 0.3) is 5.69 Å². The van der Waals surface area contributed by atoms with Crippen LogP contribution in [0.3, 0.4) is 0 Å². The number of nitrogens with one attached hydrogen (secondary N) is 2. The van der Waals surface area contributed by atoms with Gasteiger partial charge >= 0.3 is 0 Å². The molecular weight excluding hydrogens is 342 g/mol. The first-order chi connectivity index (χ1) is 13.2. The predicted molar refractivity (Wildman–Crippen MR) is 103 cm³/mol. The van der Waals surface area contributed by atoms with Crippen LogP contribution in [0.1, 0.15) is 54.4 Å². The average Bonchev–Trinajstić information content (AvgIpc) is 3.18. The normalized spacial score (nSPS) is 13.5. The van der Waals surface area contributed by atoms with Crippen LogP contribution in [-0.4, -0.2) is 27.2 Å². The Hall–Kier alpha value is -3.09. The van der Waals surface area contributed by atoms with E-state index in [0.717, 1.165) is 24.2 Å². The van der Waals surface area contributed by atoms with Crippen molar-refractivity contribution in [3.8, 4) is 5.69 Å². The van der Waals surface area contributed by atoms with Crippen LogP contribution in [0.2, 0.25) is 0 Å². The molecule has 3 aromatic rings. The summed E-state index contributed by atoms with van der Waals surface area (Å²) >= 11 is 0. The van der Waals surface area contributed by atoms with E-state index in [1.807, 2.05) is 18.2 Å². The Labute approximate surface area is 157 Å². The number of furan rings is 1. The molecule has 1 aliphatic rings. The van der Waals surface area contributed by atoms with E-state index in [4.69, 9.17) is 4.42 Å². The molecule has 1 saturated carbocycles. The summed E-state index contributed by atoms with van der Waals surface area (Å²) in [7, 11) is 0.